The second-order valence-electron chi connectivity index (χ2n) is 11.0. The van der Waals surface area contributed by atoms with Crippen molar-refractivity contribution in [3.8, 4) is 5.75 Å². The van der Waals surface area contributed by atoms with Crippen LogP contribution in [0.4, 0.5) is 23.2 Å². The molecular weight excluding hydrogens is 592 g/mol. The summed E-state index contributed by atoms with van der Waals surface area (Å²) in [6.45, 7) is 4.35. The minimum atomic E-state index is -1.92. The van der Waals surface area contributed by atoms with Gasteiger partial charge in [0.2, 0.25) is 5.91 Å². The summed E-state index contributed by atoms with van der Waals surface area (Å²) in [6, 6.07) is 14.0. The summed E-state index contributed by atoms with van der Waals surface area (Å²) in [6.07, 6.45) is 2.63. The molecule has 0 spiro atoms. The molecule has 1 fully saturated rings. The number of hydrogen-bond acceptors (Lipinski definition) is 7. The monoisotopic (exact) mass is 626 g/mol. The van der Waals surface area contributed by atoms with Gasteiger partial charge in [0, 0.05) is 70.1 Å². The molecule has 5 rings (SSSR count). The summed E-state index contributed by atoms with van der Waals surface area (Å²) in [5.41, 5.74) is -0.649. The highest BCUT2D eigenvalue weighted by atomic mass is 19.2. The van der Waals surface area contributed by atoms with Crippen LogP contribution in [0, 0.1) is 23.3 Å². The molecule has 2 heterocycles. The maximum atomic E-state index is 15.0. The number of aliphatic hydroxyl groups is 1. The minimum absolute atomic E-state index is 0.0637. The van der Waals surface area contributed by atoms with Crippen LogP contribution < -0.4 is 9.64 Å². The van der Waals surface area contributed by atoms with Crippen molar-refractivity contribution >= 4 is 11.6 Å². The van der Waals surface area contributed by atoms with E-state index in [-0.39, 0.29) is 44.3 Å². The van der Waals surface area contributed by atoms with Gasteiger partial charge in [-0.15, -0.1) is 0 Å². The molecule has 1 saturated heterocycles. The van der Waals surface area contributed by atoms with Gasteiger partial charge in [0.25, 0.3) is 0 Å². The molecule has 0 aliphatic carbocycles. The first-order valence-corrected chi connectivity index (χ1v) is 14.5. The fourth-order valence-corrected chi connectivity index (χ4v) is 5.48. The van der Waals surface area contributed by atoms with Crippen molar-refractivity contribution in [2.45, 2.75) is 25.6 Å². The lowest BCUT2D eigenvalue weighted by Crippen LogP contribution is -2.48. The summed E-state index contributed by atoms with van der Waals surface area (Å²) >= 11 is 0. The average molecular weight is 627 g/mol. The van der Waals surface area contributed by atoms with E-state index in [0.29, 0.717) is 30.5 Å². The zero-order chi connectivity index (χ0) is 32.0. The van der Waals surface area contributed by atoms with Crippen LogP contribution in [0.1, 0.15) is 18.1 Å². The van der Waals surface area contributed by atoms with Gasteiger partial charge in [0.15, 0.2) is 11.6 Å². The lowest BCUT2D eigenvalue weighted by Gasteiger charge is -2.35. The summed E-state index contributed by atoms with van der Waals surface area (Å²) in [4.78, 5) is 21.2. The summed E-state index contributed by atoms with van der Waals surface area (Å²) in [7, 11) is 0. The van der Waals surface area contributed by atoms with E-state index in [9.17, 15) is 23.1 Å². The van der Waals surface area contributed by atoms with Gasteiger partial charge in [-0.1, -0.05) is 12.1 Å². The van der Waals surface area contributed by atoms with Gasteiger partial charge < -0.3 is 19.6 Å². The Morgan fingerprint density at radius 1 is 0.956 bits per heavy atom. The molecule has 1 amide bonds. The molecule has 13 heteroatoms. The van der Waals surface area contributed by atoms with Crippen molar-refractivity contribution in [2.75, 3.05) is 50.8 Å². The smallest absolute Gasteiger partial charge is 0.219 e. The highest BCUT2D eigenvalue weighted by molar-refractivity contribution is 5.73. The Labute approximate surface area is 258 Å². The Bertz CT molecular complexity index is 1580. The third kappa shape index (κ3) is 8.17. The standard InChI is InChI=1S/C32H34F4N6O3/c1-23(43)40-10-12-41(13-11-40)26-4-6-27(7-5-26)45-15-14-39(18-24-2-9-29(34)31(36)16-24)19-32(44,20-42-22-37-21-38-42)28-8-3-25(33)17-30(28)35/h2-9,16-17,21-22,44H,10-15,18-20H2,1H3. The van der Waals surface area contributed by atoms with Gasteiger partial charge in [0.1, 0.15) is 42.2 Å². The van der Waals surface area contributed by atoms with Crippen molar-refractivity contribution in [3.63, 3.8) is 0 Å². The van der Waals surface area contributed by atoms with E-state index in [1.807, 2.05) is 29.2 Å². The Morgan fingerprint density at radius 3 is 2.36 bits per heavy atom. The lowest BCUT2D eigenvalue weighted by atomic mass is 9.92. The summed E-state index contributed by atoms with van der Waals surface area (Å²) in [5, 5.41) is 15.9. The largest absolute Gasteiger partial charge is 0.492 e. The Kier molecular flexibility index (Phi) is 9.99. The van der Waals surface area contributed by atoms with Crippen LogP contribution in [0.5, 0.6) is 5.75 Å². The number of carbonyl (C=O) groups excluding carboxylic acids is 1. The summed E-state index contributed by atoms with van der Waals surface area (Å²) < 4.78 is 63.9. The maximum absolute atomic E-state index is 15.0. The van der Waals surface area contributed by atoms with Crippen molar-refractivity contribution in [1.29, 1.82) is 0 Å². The molecular formula is C32H34F4N6O3. The van der Waals surface area contributed by atoms with Crippen LogP contribution in [0.25, 0.3) is 0 Å². The van der Waals surface area contributed by atoms with E-state index in [2.05, 4.69) is 15.0 Å². The molecule has 3 aromatic carbocycles. The number of rotatable bonds is 12. The molecule has 0 bridgehead atoms. The maximum Gasteiger partial charge on any atom is 0.219 e. The number of aromatic nitrogens is 3. The molecule has 0 radical (unpaired) electrons. The van der Waals surface area contributed by atoms with E-state index < -0.39 is 28.9 Å². The van der Waals surface area contributed by atoms with Crippen LogP contribution in [0.3, 0.4) is 0 Å². The quantitative estimate of drug-likeness (QED) is 0.238. The Hall–Kier alpha value is -4.49. The van der Waals surface area contributed by atoms with Crippen molar-refractivity contribution < 1.29 is 32.2 Å². The first-order valence-electron chi connectivity index (χ1n) is 14.5. The zero-order valence-electron chi connectivity index (χ0n) is 24.8. The molecule has 45 heavy (non-hydrogen) atoms. The molecule has 1 aliphatic rings. The second kappa shape index (κ2) is 14.1. The van der Waals surface area contributed by atoms with Gasteiger partial charge in [-0.2, -0.15) is 5.10 Å². The van der Waals surface area contributed by atoms with E-state index in [1.165, 1.54) is 29.5 Å². The normalized spacial score (nSPS) is 14.9. The molecule has 1 N–H and O–H groups in total. The van der Waals surface area contributed by atoms with Gasteiger partial charge in [-0.25, -0.2) is 27.2 Å². The van der Waals surface area contributed by atoms with Crippen LogP contribution in [0.2, 0.25) is 0 Å². The number of benzene rings is 3. The first kappa shape index (κ1) is 31.9. The molecule has 0 saturated carbocycles. The average Bonchev–Trinajstić information content (AvgIpc) is 3.52. The number of carbonyl (C=O) groups is 1. The molecule has 1 aliphatic heterocycles. The highest BCUT2D eigenvalue weighted by Crippen LogP contribution is 2.29. The second-order valence-corrected chi connectivity index (χ2v) is 11.0. The number of piperazine rings is 1. The van der Waals surface area contributed by atoms with Crippen molar-refractivity contribution in [1.82, 2.24) is 24.6 Å². The number of anilines is 1. The van der Waals surface area contributed by atoms with Crippen molar-refractivity contribution in [3.05, 3.63) is 108 Å². The fraction of sp³-hybridized carbons (Fsp3) is 0.344. The number of halogens is 4. The highest BCUT2D eigenvalue weighted by Gasteiger charge is 2.36. The Morgan fingerprint density at radius 2 is 1.71 bits per heavy atom. The van der Waals surface area contributed by atoms with Gasteiger partial charge in [-0.3, -0.25) is 9.69 Å². The van der Waals surface area contributed by atoms with Gasteiger partial charge in [-0.05, 0) is 48.0 Å². The van der Waals surface area contributed by atoms with Crippen molar-refractivity contribution in [2.24, 2.45) is 0 Å². The van der Waals surface area contributed by atoms with E-state index in [0.717, 1.165) is 37.0 Å². The summed E-state index contributed by atoms with van der Waals surface area (Å²) in [5.74, 6) is -3.09. The molecule has 4 aromatic rings. The minimum Gasteiger partial charge on any atom is -0.492 e. The third-order valence-electron chi connectivity index (χ3n) is 7.80. The topological polar surface area (TPSA) is 87.0 Å². The number of hydrogen-bond donors (Lipinski definition) is 1. The number of ether oxygens (including phenoxy) is 1. The predicted octanol–water partition coefficient (Wildman–Crippen LogP) is 3.97. The third-order valence-corrected chi connectivity index (χ3v) is 7.80. The van der Waals surface area contributed by atoms with Gasteiger partial charge in [0.05, 0.1) is 6.54 Å². The van der Waals surface area contributed by atoms with Crippen LogP contribution in [-0.2, 0) is 23.5 Å². The fourth-order valence-electron chi connectivity index (χ4n) is 5.48. The Balaban J connectivity index is 1.31. The molecule has 1 atom stereocenters. The molecule has 1 aromatic heterocycles. The van der Waals surface area contributed by atoms with Crippen LogP contribution in [0.15, 0.2) is 73.3 Å². The zero-order valence-corrected chi connectivity index (χ0v) is 24.8. The number of nitrogens with zero attached hydrogens (tertiary/aromatic N) is 6. The van der Waals surface area contributed by atoms with Gasteiger partial charge >= 0.3 is 0 Å². The van der Waals surface area contributed by atoms with E-state index in [1.54, 1.807) is 11.8 Å². The number of amides is 1. The lowest BCUT2D eigenvalue weighted by molar-refractivity contribution is -0.129. The predicted molar refractivity (Wildman–Crippen MR) is 158 cm³/mol. The van der Waals surface area contributed by atoms with E-state index >= 15 is 4.39 Å². The van der Waals surface area contributed by atoms with Crippen LogP contribution >= 0.6 is 0 Å². The molecule has 1 unspecified atom stereocenters. The molecule has 238 valence electrons. The first-order chi connectivity index (χ1) is 21.6. The van der Waals surface area contributed by atoms with E-state index in [4.69, 9.17) is 4.74 Å². The SMILES string of the molecule is CC(=O)N1CCN(c2ccc(OCCN(Cc3ccc(F)c(F)c3)CC(O)(Cn3cncn3)c3ccc(F)cc3F)cc2)CC1. The molecule has 9 nitrogen and oxygen atoms in total. The van der Waals surface area contributed by atoms with Crippen LogP contribution in [-0.4, -0.2) is 81.5 Å².